The van der Waals surface area contributed by atoms with Crippen LogP contribution in [0.2, 0.25) is 0 Å². The van der Waals surface area contributed by atoms with Crippen molar-refractivity contribution in [1.82, 2.24) is 14.2 Å². The largest absolute Gasteiger partial charge is 0.334 e. The van der Waals surface area contributed by atoms with Crippen molar-refractivity contribution in [2.45, 2.75) is 37.6 Å². The van der Waals surface area contributed by atoms with Gasteiger partial charge < -0.3 is 10.2 Å². The van der Waals surface area contributed by atoms with E-state index >= 15 is 0 Å². The summed E-state index contributed by atoms with van der Waals surface area (Å²) in [4.78, 5) is 15.0. The van der Waals surface area contributed by atoms with Gasteiger partial charge in [0.2, 0.25) is 0 Å². The minimum atomic E-state index is -3.69. The van der Waals surface area contributed by atoms with Crippen molar-refractivity contribution in [2.24, 2.45) is 0 Å². The van der Waals surface area contributed by atoms with E-state index in [1.807, 2.05) is 18.7 Å². The first-order chi connectivity index (χ1) is 12.4. The molecule has 3 rings (SSSR count). The molecule has 0 aliphatic carbocycles. The summed E-state index contributed by atoms with van der Waals surface area (Å²) in [6.07, 6.45) is 4.65. The maximum atomic E-state index is 12.9. The molecule has 0 radical (unpaired) electrons. The molecule has 0 bridgehead atoms. The molecule has 2 aromatic rings. The van der Waals surface area contributed by atoms with Crippen molar-refractivity contribution in [1.29, 1.82) is 0 Å². The number of carbonyl (C=O) groups is 1. The second kappa shape index (κ2) is 8.91. The van der Waals surface area contributed by atoms with Gasteiger partial charge in [-0.3, -0.25) is 4.79 Å². The molecule has 1 amide bonds. The molecular weight excluding hydrogens is 386 g/mol. The van der Waals surface area contributed by atoms with Crippen LogP contribution in [0, 0.1) is 6.92 Å². The smallest absolute Gasteiger partial charge is 0.267 e. The van der Waals surface area contributed by atoms with Gasteiger partial charge >= 0.3 is 0 Å². The van der Waals surface area contributed by atoms with Crippen LogP contribution in [0.1, 0.15) is 35.7 Å². The highest BCUT2D eigenvalue weighted by Crippen LogP contribution is 2.19. The lowest BCUT2D eigenvalue weighted by Crippen LogP contribution is -2.42. The van der Waals surface area contributed by atoms with Gasteiger partial charge in [0.1, 0.15) is 0 Å². The van der Waals surface area contributed by atoms with Crippen LogP contribution in [-0.4, -0.2) is 48.9 Å². The van der Waals surface area contributed by atoms with E-state index in [0.717, 1.165) is 35.5 Å². The van der Waals surface area contributed by atoms with Gasteiger partial charge in [-0.25, -0.2) is 12.4 Å². The Balaban J connectivity index is 0.00000261. The Labute approximate surface area is 167 Å². The van der Waals surface area contributed by atoms with E-state index in [2.05, 4.69) is 5.32 Å². The van der Waals surface area contributed by atoms with E-state index in [0.29, 0.717) is 12.1 Å². The number of aryl methyl sites for hydroxylation is 1. The highest BCUT2D eigenvalue weighted by molar-refractivity contribution is 7.90. The zero-order chi connectivity index (χ0) is 18.7. The summed E-state index contributed by atoms with van der Waals surface area (Å²) in [6, 6.07) is 8.44. The molecule has 1 aromatic heterocycles. The first-order valence-corrected chi connectivity index (χ1v) is 10.4. The van der Waals surface area contributed by atoms with E-state index in [-0.39, 0.29) is 29.3 Å². The van der Waals surface area contributed by atoms with E-state index in [1.54, 1.807) is 30.3 Å². The Morgan fingerprint density at radius 2 is 1.96 bits per heavy atom. The lowest BCUT2D eigenvalue weighted by atomic mass is 10.1. The molecule has 8 heteroatoms. The third-order valence-electron chi connectivity index (χ3n) is 4.71. The monoisotopic (exact) mass is 411 g/mol. The van der Waals surface area contributed by atoms with Crippen molar-refractivity contribution in [2.75, 3.05) is 19.6 Å². The van der Waals surface area contributed by atoms with Gasteiger partial charge in [-0.05, 0) is 44.5 Å². The van der Waals surface area contributed by atoms with Crippen LogP contribution in [0.4, 0.5) is 0 Å². The van der Waals surface area contributed by atoms with Gasteiger partial charge in [0, 0.05) is 31.5 Å². The highest BCUT2D eigenvalue weighted by atomic mass is 35.5. The number of amides is 1. The predicted octanol–water partition coefficient (Wildman–Crippen LogP) is 2.67. The van der Waals surface area contributed by atoms with Crippen LogP contribution in [-0.2, 0) is 10.0 Å². The Bertz CT molecular complexity index is 872. The van der Waals surface area contributed by atoms with Crippen LogP contribution < -0.4 is 5.32 Å². The summed E-state index contributed by atoms with van der Waals surface area (Å²) < 4.78 is 26.6. The minimum absolute atomic E-state index is 0. The van der Waals surface area contributed by atoms with Crippen LogP contribution in [0.3, 0.4) is 0 Å². The molecule has 1 unspecified atom stereocenters. The molecule has 1 atom stereocenters. The molecule has 1 aromatic carbocycles. The summed E-state index contributed by atoms with van der Waals surface area (Å²) in [7, 11) is -3.69. The number of hydrogen-bond donors (Lipinski definition) is 1. The molecule has 1 aliphatic heterocycles. The van der Waals surface area contributed by atoms with Crippen molar-refractivity contribution in [3.8, 4) is 0 Å². The van der Waals surface area contributed by atoms with Gasteiger partial charge in [0.15, 0.2) is 0 Å². The molecular formula is C19H26ClN3O3S. The summed E-state index contributed by atoms with van der Waals surface area (Å²) in [5, 5.41) is 3.28. The van der Waals surface area contributed by atoms with Crippen LogP contribution in [0.15, 0.2) is 47.6 Å². The van der Waals surface area contributed by atoms with E-state index in [1.165, 1.54) is 12.4 Å². The quantitative estimate of drug-likeness (QED) is 0.793. The van der Waals surface area contributed by atoms with Crippen molar-refractivity contribution >= 4 is 28.3 Å². The summed E-state index contributed by atoms with van der Waals surface area (Å²) in [5.74, 6) is -0.113. The van der Waals surface area contributed by atoms with Crippen molar-refractivity contribution in [3.05, 3.63) is 53.9 Å². The second-order valence-electron chi connectivity index (χ2n) is 6.69. The Hall–Kier alpha value is -1.83. The molecule has 148 valence electrons. The van der Waals surface area contributed by atoms with Crippen molar-refractivity contribution in [3.63, 3.8) is 0 Å². The standard InChI is InChI=1S/C19H25N3O3S.ClH/c1-3-11-22(17-8-10-20-13-17)19(23)16-9-12-21(14-16)26(24,25)18-6-4-15(2)5-7-18;/h4-7,9,12,14,17,20H,3,8,10-11,13H2,1-2H3;1H. The van der Waals surface area contributed by atoms with Crippen molar-refractivity contribution < 1.29 is 13.2 Å². The van der Waals surface area contributed by atoms with Gasteiger partial charge in [-0.2, -0.15) is 0 Å². The van der Waals surface area contributed by atoms with Crippen LogP contribution in [0.25, 0.3) is 0 Å². The van der Waals surface area contributed by atoms with Crippen LogP contribution >= 0.6 is 12.4 Å². The zero-order valence-corrected chi connectivity index (χ0v) is 17.2. The number of benzene rings is 1. The fourth-order valence-corrected chi connectivity index (χ4v) is 4.44. The Morgan fingerprint density at radius 3 is 2.56 bits per heavy atom. The van der Waals surface area contributed by atoms with Crippen LogP contribution in [0.5, 0.6) is 0 Å². The summed E-state index contributed by atoms with van der Waals surface area (Å²) >= 11 is 0. The fraction of sp³-hybridized carbons (Fsp3) is 0.421. The molecule has 0 saturated carbocycles. The van der Waals surface area contributed by atoms with Gasteiger partial charge in [-0.15, -0.1) is 12.4 Å². The molecule has 1 fully saturated rings. The predicted molar refractivity (Wildman–Crippen MR) is 108 cm³/mol. The third kappa shape index (κ3) is 4.54. The molecule has 1 N–H and O–H groups in total. The molecule has 2 heterocycles. The lowest BCUT2D eigenvalue weighted by molar-refractivity contribution is 0.0692. The maximum absolute atomic E-state index is 12.9. The average Bonchev–Trinajstić information content (AvgIpc) is 3.31. The first kappa shape index (κ1) is 21.5. The number of nitrogens with zero attached hydrogens (tertiary/aromatic N) is 2. The van der Waals surface area contributed by atoms with E-state index in [9.17, 15) is 13.2 Å². The number of nitrogens with one attached hydrogen (secondary N) is 1. The minimum Gasteiger partial charge on any atom is -0.334 e. The summed E-state index contributed by atoms with van der Waals surface area (Å²) in [5.41, 5.74) is 1.40. The topological polar surface area (TPSA) is 71.4 Å². The van der Waals surface area contributed by atoms with Gasteiger partial charge in [0.05, 0.1) is 10.5 Å². The number of carbonyl (C=O) groups excluding carboxylic acids is 1. The number of halogens is 1. The molecule has 0 spiro atoms. The highest BCUT2D eigenvalue weighted by Gasteiger charge is 2.28. The molecule has 27 heavy (non-hydrogen) atoms. The molecule has 1 aliphatic rings. The first-order valence-electron chi connectivity index (χ1n) is 8.95. The molecule has 1 saturated heterocycles. The number of aromatic nitrogens is 1. The Kier molecular flexibility index (Phi) is 7.08. The zero-order valence-electron chi connectivity index (χ0n) is 15.6. The summed E-state index contributed by atoms with van der Waals surface area (Å²) in [6.45, 7) is 6.30. The van der Waals surface area contributed by atoms with E-state index in [4.69, 9.17) is 0 Å². The maximum Gasteiger partial charge on any atom is 0.267 e. The number of rotatable bonds is 6. The molecule has 6 nitrogen and oxygen atoms in total. The lowest BCUT2D eigenvalue weighted by Gasteiger charge is -2.27. The normalized spacial score (nSPS) is 16.7. The third-order valence-corrected chi connectivity index (χ3v) is 6.36. The SMILES string of the molecule is CCCN(C(=O)c1ccn(S(=O)(=O)c2ccc(C)cc2)c1)C1CCNC1.Cl. The fourth-order valence-electron chi connectivity index (χ4n) is 3.25. The van der Waals surface area contributed by atoms with Gasteiger partial charge in [-0.1, -0.05) is 24.6 Å². The Morgan fingerprint density at radius 1 is 1.26 bits per heavy atom. The number of hydrogen-bond acceptors (Lipinski definition) is 4. The second-order valence-corrected chi connectivity index (χ2v) is 8.54. The average molecular weight is 412 g/mol. The van der Waals surface area contributed by atoms with E-state index < -0.39 is 10.0 Å². The van der Waals surface area contributed by atoms with Gasteiger partial charge in [0.25, 0.3) is 15.9 Å².